The number of halogens is 1. The standard InChI is InChI=1S/C19H24ClN3OS/c1-18(2)7-13-8-19(3,10-18)11-23(13)16(24)9-25-17-21-14-5-4-12(20)6-15(14)22-17/h4-6,13H,7-11H2,1-3H3,(H,21,22)/t13-,19-/m0/s1. The smallest absolute Gasteiger partial charge is 0.233 e. The van der Waals surface area contributed by atoms with Gasteiger partial charge in [-0.25, -0.2) is 4.98 Å². The van der Waals surface area contributed by atoms with Crippen LogP contribution in [0.5, 0.6) is 0 Å². The highest BCUT2D eigenvalue weighted by atomic mass is 35.5. The summed E-state index contributed by atoms with van der Waals surface area (Å²) in [5.41, 5.74) is 2.40. The molecule has 2 atom stereocenters. The molecule has 1 aromatic heterocycles. The lowest BCUT2D eigenvalue weighted by Crippen LogP contribution is -2.38. The van der Waals surface area contributed by atoms with Gasteiger partial charge in [0.2, 0.25) is 5.91 Å². The van der Waals surface area contributed by atoms with E-state index in [1.807, 2.05) is 18.2 Å². The molecule has 1 saturated carbocycles. The monoisotopic (exact) mass is 377 g/mol. The van der Waals surface area contributed by atoms with Gasteiger partial charge in [0, 0.05) is 17.6 Å². The molecule has 2 aliphatic rings. The largest absolute Gasteiger partial charge is 0.338 e. The van der Waals surface area contributed by atoms with E-state index < -0.39 is 0 Å². The number of aromatic nitrogens is 2. The average Bonchev–Trinajstić information content (AvgIpc) is 3.01. The van der Waals surface area contributed by atoms with E-state index in [2.05, 4.69) is 35.6 Å². The summed E-state index contributed by atoms with van der Waals surface area (Å²) in [6.07, 6.45) is 3.47. The molecule has 1 aliphatic carbocycles. The summed E-state index contributed by atoms with van der Waals surface area (Å²) in [6, 6.07) is 5.99. The number of likely N-dealkylation sites (tertiary alicyclic amines) is 1. The predicted octanol–water partition coefficient (Wildman–Crippen LogP) is 4.74. The number of fused-ring (bicyclic) bond motifs is 3. The quantitative estimate of drug-likeness (QED) is 0.786. The normalized spacial score (nSPS) is 27.8. The number of benzene rings is 1. The van der Waals surface area contributed by atoms with Gasteiger partial charge in [-0.15, -0.1) is 0 Å². The number of nitrogens with zero attached hydrogens (tertiary/aromatic N) is 2. The molecule has 0 spiro atoms. The van der Waals surface area contributed by atoms with Crippen LogP contribution in [0.2, 0.25) is 5.02 Å². The Hall–Kier alpha value is -1.20. The van der Waals surface area contributed by atoms with E-state index in [-0.39, 0.29) is 11.3 Å². The van der Waals surface area contributed by atoms with Crippen LogP contribution in [0.25, 0.3) is 11.0 Å². The molecule has 25 heavy (non-hydrogen) atoms. The second-order valence-electron chi connectivity index (χ2n) is 8.73. The fraction of sp³-hybridized carbons (Fsp3) is 0.579. The zero-order valence-corrected chi connectivity index (χ0v) is 16.5. The van der Waals surface area contributed by atoms with Crippen molar-refractivity contribution in [2.45, 2.75) is 51.2 Å². The molecule has 2 heterocycles. The maximum Gasteiger partial charge on any atom is 0.233 e. The summed E-state index contributed by atoms with van der Waals surface area (Å²) in [6.45, 7) is 7.90. The van der Waals surface area contributed by atoms with E-state index in [4.69, 9.17) is 11.6 Å². The van der Waals surface area contributed by atoms with Crippen LogP contribution < -0.4 is 0 Å². The second kappa shape index (κ2) is 5.92. The van der Waals surface area contributed by atoms with Crippen molar-refractivity contribution in [2.24, 2.45) is 10.8 Å². The van der Waals surface area contributed by atoms with Gasteiger partial charge < -0.3 is 9.88 Å². The number of carbonyl (C=O) groups is 1. The van der Waals surface area contributed by atoms with Gasteiger partial charge in [-0.3, -0.25) is 4.79 Å². The highest BCUT2D eigenvalue weighted by molar-refractivity contribution is 7.99. The number of H-pyrrole nitrogens is 1. The van der Waals surface area contributed by atoms with Crippen molar-refractivity contribution in [3.8, 4) is 0 Å². The fourth-order valence-electron chi connectivity index (χ4n) is 4.99. The first kappa shape index (κ1) is 17.2. The van der Waals surface area contributed by atoms with E-state index in [0.717, 1.165) is 35.6 Å². The van der Waals surface area contributed by atoms with E-state index in [1.165, 1.54) is 18.2 Å². The fourth-order valence-corrected chi connectivity index (χ4v) is 5.93. The molecule has 2 bridgehead atoms. The number of nitrogens with one attached hydrogen (secondary N) is 1. The Kier molecular flexibility index (Phi) is 4.08. The SMILES string of the molecule is CC1(C)C[C@H]2C[C@](C)(CN2C(=O)CSc2nc3ccc(Cl)cc3[nH]2)C1. The molecule has 6 heteroatoms. The van der Waals surface area contributed by atoms with Crippen molar-refractivity contribution in [1.82, 2.24) is 14.9 Å². The van der Waals surface area contributed by atoms with Crippen LogP contribution in [0.1, 0.15) is 40.0 Å². The van der Waals surface area contributed by atoms with Crippen molar-refractivity contribution in [1.29, 1.82) is 0 Å². The summed E-state index contributed by atoms with van der Waals surface area (Å²) in [7, 11) is 0. The van der Waals surface area contributed by atoms with Crippen LogP contribution in [-0.2, 0) is 4.79 Å². The van der Waals surface area contributed by atoms with Gasteiger partial charge in [0.1, 0.15) is 0 Å². The first-order valence-electron chi connectivity index (χ1n) is 8.81. The lowest BCUT2D eigenvalue weighted by Gasteiger charge is -2.39. The summed E-state index contributed by atoms with van der Waals surface area (Å²) >= 11 is 7.49. The van der Waals surface area contributed by atoms with E-state index in [0.29, 0.717) is 22.2 Å². The Bertz CT molecular complexity index is 833. The van der Waals surface area contributed by atoms with Crippen LogP contribution in [0.4, 0.5) is 0 Å². The zero-order chi connectivity index (χ0) is 17.8. The molecule has 134 valence electrons. The molecule has 0 radical (unpaired) electrons. The summed E-state index contributed by atoms with van der Waals surface area (Å²) in [5, 5.41) is 1.46. The molecule has 1 aromatic carbocycles. The number of aromatic amines is 1. The maximum atomic E-state index is 12.8. The molecule has 1 saturated heterocycles. The molecule has 2 fully saturated rings. The van der Waals surface area contributed by atoms with Gasteiger partial charge in [0.25, 0.3) is 0 Å². The Morgan fingerprint density at radius 1 is 1.40 bits per heavy atom. The van der Waals surface area contributed by atoms with Crippen molar-refractivity contribution in [3.05, 3.63) is 23.2 Å². The number of thioether (sulfide) groups is 1. The highest BCUT2D eigenvalue weighted by Crippen LogP contribution is 2.52. The van der Waals surface area contributed by atoms with Gasteiger partial charge in [-0.2, -0.15) is 0 Å². The van der Waals surface area contributed by atoms with Gasteiger partial charge in [-0.1, -0.05) is 44.1 Å². The van der Waals surface area contributed by atoms with Crippen LogP contribution >= 0.6 is 23.4 Å². The minimum Gasteiger partial charge on any atom is -0.338 e. The average molecular weight is 378 g/mol. The van der Waals surface area contributed by atoms with Crippen LogP contribution in [0.15, 0.2) is 23.4 Å². The molecular weight excluding hydrogens is 354 g/mol. The minimum absolute atomic E-state index is 0.231. The lowest BCUT2D eigenvalue weighted by atomic mass is 9.65. The number of hydrogen-bond acceptors (Lipinski definition) is 3. The number of hydrogen-bond donors (Lipinski definition) is 1. The summed E-state index contributed by atoms with van der Waals surface area (Å²) in [5.74, 6) is 0.663. The van der Waals surface area contributed by atoms with Gasteiger partial charge in [-0.05, 0) is 48.3 Å². The van der Waals surface area contributed by atoms with E-state index >= 15 is 0 Å². The topological polar surface area (TPSA) is 49.0 Å². The number of amides is 1. The van der Waals surface area contributed by atoms with Crippen molar-refractivity contribution >= 4 is 40.3 Å². The van der Waals surface area contributed by atoms with Crippen molar-refractivity contribution in [3.63, 3.8) is 0 Å². The van der Waals surface area contributed by atoms with Crippen molar-refractivity contribution < 1.29 is 4.79 Å². The molecular formula is C19H24ClN3OS. The minimum atomic E-state index is 0.231. The zero-order valence-electron chi connectivity index (χ0n) is 14.9. The van der Waals surface area contributed by atoms with E-state index in [1.54, 1.807) is 0 Å². The first-order valence-corrected chi connectivity index (χ1v) is 10.2. The van der Waals surface area contributed by atoms with Gasteiger partial charge in [0.15, 0.2) is 5.16 Å². The summed E-state index contributed by atoms with van der Waals surface area (Å²) < 4.78 is 0. The molecule has 1 N–H and O–H groups in total. The molecule has 1 aliphatic heterocycles. The third-order valence-electron chi connectivity index (χ3n) is 5.49. The highest BCUT2D eigenvalue weighted by Gasteiger charge is 2.50. The third kappa shape index (κ3) is 3.41. The maximum absolute atomic E-state index is 12.8. The molecule has 1 amide bonds. The summed E-state index contributed by atoms with van der Waals surface area (Å²) in [4.78, 5) is 22.7. The first-order chi connectivity index (χ1) is 11.7. The number of imidazole rings is 1. The lowest BCUT2D eigenvalue weighted by molar-refractivity contribution is -0.129. The number of carbonyl (C=O) groups excluding carboxylic acids is 1. The predicted molar refractivity (Wildman–Crippen MR) is 103 cm³/mol. The molecule has 4 rings (SSSR count). The molecule has 4 nitrogen and oxygen atoms in total. The third-order valence-corrected chi connectivity index (χ3v) is 6.58. The van der Waals surface area contributed by atoms with Crippen LogP contribution in [-0.4, -0.2) is 39.1 Å². The van der Waals surface area contributed by atoms with Gasteiger partial charge in [0.05, 0.1) is 16.8 Å². The second-order valence-corrected chi connectivity index (χ2v) is 10.1. The Labute approximate surface area is 157 Å². The Morgan fingerprint density at radius 2 is 2.20 bits per heavy atom. The van der Waals surface area contributed by atoms with Crippen LogP contribution in [0.3, 0.4) is 0 Å². The Morgan fingerprint density at radius 3 is 3.00 bits per heavy atom. The Balaban J connectivity index is 1.43. The van der Waals surface area contributed by atoms with Crippen LogP contribution in [0, 0.1) is 10.8 Å². The number of rotatable bonds is 3. The van der Waals surface area contributed by atoms with E-state index in [9.17, 15) is 4.79 Å². The molecule has 0 unspecified atom stereocenters. The molecule has 2 aromatic rings. The van der Waals surface area contributed by atoms with Gasteiger partial charge >= 0.3 is 0 Å². The van der Waals surface area contributed by atoms with Crippen molar-refractivity contribution in [2.75, 3.05) is 12.3 Å².